The number of carbonyl (C=O) groups excluding carboxylic acids is 5. The van der Waals surface area contributed by atoms with E-state index in [9.17, 15) is 54.0 Å². The SMILES string of the molecule is NC(N)=NCCC[C@@H]1NC(=O)[C@H](CCCCNC(=O)CN2CCCN3CCCN(CCCN(CC(=O)O)CC3)CC2)NC(=O)[C@@H](Cc2ccc(O)cc2)NC(O)[C@H](CC(=O)O)NC(=O)CNC1=O. The molecule has 14 N–H and O–H groups in total. The van der Waals surface area contributed by atoms with Crippen molar-refractivity contribution in [1.29, 1.82) is 0 Å². The van der Waals surface area contributed by atoms with Crippen molar-refractivity contribution in [1.82, 2.24) is 51.5 Å². The van der Waals surface area contributed by atoms with Crippen LogP contribution in [-0.4, -0.2) is 216 Å². The number of hydrogen-bond donors (Lipinski definition) is 12. The predicted molar refractivity (Wildman–Crippen MR) is 250 cm³/mol. The van der Waals surface area contributed by atoms with Gasteiger partial charge < -0.3 is 68.3 Å². The smallest absolute Gasteiger partial charge is 0.317 e. The Morgan fingerprint density at radius 2 is 1.26 bits per heavy atom. The number of carboxylic acids is 2. The second kappa shape index (κ2) is 29.3. The van der Waals surface area contributed by atoms with Gasteiger partial charge in [-0.1, -0.05) is 12.1 Å². The normalized spacial score (nSPS) is 25.7. The van der Waals surface area contributed by atoms with Crippen LogP contribution in [0, 0.1) is 0 Å². The van der Waals surface area contributed by atoms with E-state index in [0.717, 1.165) is 58.5 Å². The number of benzene rings is 1. The number of nitrogens with zero attached hydrogens (tertiary/aromatic N) is 5. The molecule has 3 aliphatic heterocycles. The number of carboxylic acid groups (broad SMARTS) is 2. The van der Waals surface area contributed by atoms with Gasteiger partial charge in [0, 0.05) is 45.8 Å². The molecule has 3 aliphatic rings. The molecule has 0 aliphatic carbocycles. The third kappa shape index (κ3) is 21.1. The van der Waals surface area contributed by atoms with Crippen molar-refractivity contribution in [2.75, 3.05) is 98.2 Å². The number of aliphatic carboxylic acids is 2. The Kier molecular flexibility index (Phi) is 23.7. The number of unbranched alkanes of at least 4 members (excludes halogenated alkanes) is 1. The first-order chi connectivity index (χ1) is 32.5. The molecular formula is C44H73N13O11. The summed E-state index contributed by atoms with van der Waals surface area (Å²) in [5.41, 5.74) is 11.4. The van der Waals surface area contributed by atoms with Gasteiger partial charge in [-0.15, -0.1) is 0 Å². The number of phenolic OH excluding ortho intramolecular Hbond substituents is 1. The van der Waals surface area contributed by atoms with Crippen molar-refractivity contribution in [3.8, 4) is 5.75 Å². The molecule has 3 unspecified atom stereocenters. The zero-order valence-electron chi connectivity index (χ0n) is 38.9. The van der Waals surface area contributed by atoms with Crippen molar-refractivity contribution in [3.63, 3.8) is 0 Å². The maximum atomic E-state index is 14.1. The predicted octanol–water partition coefficient (Wildman–Crippen LogP) is -3.90. The van der Waals surface area contributed by atoms with Gasteiger partial charge in [-0.05, 0) is 108 Å². The first-order valence-electron chi connectivity index (χ1n) is 23.6. The largest absolute Gasteiger partial charge is 0.508 e. The number of nitrogens with one attached hydrogen (secondary N) is 6. The van der Waals surface area contributed by atoms with Gasteiger partial charge in [0.05, 0.1) is 38.1 Å². The quantitative estimate of drug-likeness (QED) is 0.0403. The molecule has 3 heterocycles. The summed E-state index contributed by atoms with van der Waals surface area (Å²) in [6.45, 7) is 7.90. The van der Waals surface area contributed by atoms with Crippen molar-refractivity contribution >= 4 is 47.4 Å². The number of carbonyl (C=O) groups is 7. The van der Waals surface area contributed by atoms with E-state index in [0.29, 0.717) is 44.6 Å². The molecule has 0 aromatic heterocycles. The number of amides is 5. The van der Waals surface area contributed by atoms with Crippen molar-refractivity contribution < 1.29 is 54.0 Å². The molecule has 4 rings (SSSR count). The fourth-order valence-corrected chi connectivity index (χ4v) is 8.46. The highest BCUT2D eigenvalue weighted by atomic mass is 16.4. The number of hydrogen-bond acceptors (Lipinski definition) is 15. The Labute approximate surface area is 397 Å². The number of phenols is 1. The fourth-order valence-electron chi connectivity index (χ4n) is 8.46. The summed E-state index contributed by atoms with van der Waals surface area (Å²) in [4.78, 5) is 104. The molecular weight excluding hydrogens is 887 g/mol. The number of aromatic hydroxyl groups is 1. The number of rotatable bonds is 17. The highest BCUT2D eigenvalue weighted by Gasteiger charge is 2.33. The average molecular weight is 960 g/mol. The highest BCUT2D eigenvalue weighted by molar-refractivity contribution is 5.94. The Bertz CT molecular complexity index is 1840. The van der Waals surface area contributed by atoms with Crippen molar-refractivity contribution in [2.24, 2.45) is 16.5 Å². The maximum absolute atomic E-state index is 14.1. The van der Waals surface area contributed by atoms with Gasteiger partial charge >= 0.3 is 11.9 Å². The van der Waals surface area contributed by atoms with Crippen LogP contribution < -0.4 is 43.4 Å². The summed E-state index contributed by atoms with van der Waals surface area (Å²) in [5, 5.41) is 56.1. The van der Waals surface area contributed by atoms with E-state index in [1.165, 1.54) is 12.1 Å². The molecule has 0 radical (unpaired) electrons. The number of aliphatic hydroxyl groups is 1. The minimum absolute atomic E-state index is 0.0303. The molecule has 1 aromatic carbocycles. The first-order valence-corrected chi connectivity index (χ1v) is 23.6. The van der Waals surface area contributed by atoms with Crippen LogP contribution in [0.15, 0.2) is 29.3 Å². The molecule has 7 atom stereocenters. The van der Waals surface area contributed by atoms with E-state index < -0.39 is 78.9 Å². The van der Waals surface area contributed by atoms with E-state index in [4.69, 9.17) is 11.5 Å². The molecule has 3 saturated heterocycles. The lowest BCUT2D eigenvalue weighted by Crippen LogP contribution is -2.59. The summed E-state index contributed by atoms with van der Waals surface area (Å²) < 4.78 is 0. The molecule has 5 amide bonds. The van der Waals surface area contributed by atoms with Crippen molar-refractivity contribution in [3.05, 3.63) is 29.8 Å². The zero-order valence-corrected chi connectivity index (χ0v) is 38.9. The van der Waals surface area contributed by atoms with Gasteiger partial charge in [0.2, 0.25) is 29.5 Å². The maximum Gasteiger partial charge on any atom is 0.317 e. The lowest BCUT2D eigenvalue weighted by atomic mass is 10.0. The van der Waals surface area contributed by atoms with Crippen molar-refractivity contribution in [2.45, 2.75) is 94.6 Å². The fraction of sp³-hybridized carbons (Fsp3) is 0.682. The molecule has 380 valence electrons. The Hall–Kier alpha value is -5.66. The molecule has 2 bridgehead atoms. The van der Waals surface area contributed by atoms with Gasteiger partial charge in [-0.3, -0.25) is 53.7 Å². The van der Waals surface area contributed by atoms with Crippen LogP contribution in [0.2, 0.25) is 0 Å². The number of aliphatic hydroxyl groups excluding tert-OH is 1. The minimum Gasteiger partial charge on any atom is -0.508 e. The monoisotopic (exact) mass is 960 g/mol. The molecule has 0 saturated carbocycles. The van der Waals surface area contributed by atoms with Crippen LogP contribution in [0.5, 0.6) is 5.75 Å². The third-order valence-corrected chi connectivity index (χ3v) is 12.1. The molecule has 68 heavy (non-hydrogen) atoms. The lowest BCUT2D eigenvalue weighted by Gasteiger charge is -2.29. The van der Waals surface area contributed by atoms with Crippen LogP contribution in [-0.2, 0) is 40.0 Å². The first kappa shape index (κ1) is 54.9. The molecule has 3 fully saturated rings. The van der Waals surface area contributed by atoms with Crippen LogP contribution >= 0.6 is 0 Å². The number of nitrogens with two attached hydrogens (primary N) is 2. The van der Waals surface area contributed by atoms with Gasteiger partial charge in [0.25, 0.3) is 0 Å². The van der Waals surface area contributed by atoms with Gasteiger partial charge in [0.15, 0.2) is 5.96 Å². The molecule has 1 aromatic rings. The van der Waals surface area contributed by atoms with Gasteiger partial charge in [-0.2, -0.15) is 0 Å². The van der Waals surface area contributed by atoms with Crippen LogP contribution in [0.1, 0.15) is 63.4 Å². The van der Waals surface area contributed by atoms with E-state index in [1.54, 1.807) is 12.1 Å². The zero-order chi connectivity index (χ0) is 49.4. The third-order valence-electron chi connectivity index (χ3n) is 12.1. The standard InChI is InChI=1S/C44H73N13O11/c45-44(46)48-14-3-8-32-40(65)49-27-36(59)50-35(26-38(61)62)43(68)53-34(25-30-9-11-31(58)12-10-30)42(67)52-33(41(66)51-32)7-1-2-13-47-37(60)28-56-19-5-17-55-16-4-15-54(21-23-56)18-6-20-57(24-22-55)29-39(63)64/h9-12,32-35,43,53,58,68H,1-8,13-29H2,(H,47,60)(H,49,65)(H,50,59)(H,51,66)(H,52,67)(H,61,62)(H,63,64)(H4,45,46,48)/t32-,33-,34+,35-,43?/m0/s1. The number of guanidine groups is 1. The van der Waals surface area contributed by atoms with Gasteiger partial charge in [-0.25, -0.2) is 0 Å². The minimum atomic E-state index is -1.79. The lowest BCUT2D eigenvalue weighted by molar-refractivity contribution is -0.140. The van der Waals surface area contributed by atoms with E-state index in [1.807, 2.05) is 4.90 Å². The second-order valence-corrected chi connectivity index (χ2v) is 17.6. The Morgan fingerprint density at radius 3 is 1.87 bits per heavy atom. The molecule has 24 nitrogen and oxygen atoms in total. The summed E-state index contributed by atoms with van der Waals surface area (Å²) in [5.74, 6) is -5.60. The highest BCUT2D eigenvalue weighted by Crippen LogP contribution is 2.14. The van der Waals surface area contributed by atoms with E-state index in [-0.39, 0.29) is 69.5 Å². The van der Waals surface area contributed by atoms with Gasteiger partial charge in [0.1, 0.15) is 24.1 Å². The summed E-state index contributed by atoms with van der Waals surface area (Å²) in [7, 11) is 0. The average Bonchev–Trinajstić information content (AvgIpc) is 3.35. The summed E-state index contributed by atoms with van der Waals surface area (Å²) in [6, 6.07) is 0.728. The summed E-state index contributed by atoms with van der Waals surface area (Å²) in [6.07, 6.45) is 1.20. The Morgan fingerprint density at radius 1 is 0.691 bits per heavy atom. The Balaban J connectivity index is 1.44. The number of aliphatic imine (C=N–C) groups is 1. The topological polar surface area (TPSA) is 350 Å². The number of fused-ring (bicyclic) bond motifs is 4. The van der Waals surface area contributed by atoms with E-state index >= 15 is 0 Å². The van der Waals surface area contributed by atoms with Crippen LogP contribution in [0.4, 0.5) is 0 Å². The summed E-state index contributed by atoms with van der Waals surface area (Å²) >= 11 is 0. The van der Waals surface area contributed by atoms with Crippen LogP contribution in [0.25, 0.3) is 0 Å². The second-order valence-electron chi connectivity index (χ2n) is 17.6. The van der Waals surface area contributed by atoms with Crippen LogP contribution in [0.3, 0.4) is 0 Å². The van der Waals surface area contributed by atoms with E-state index in [2.05, 4.69) is 51.6 Å². The molecule has 24 heteroatoms. The molecule has 0 spiro atoms.